The molecule has 16 heavy (non-hydrogen) atoms. The summed E-state index contributed by atoms with van der Waals surface area (Å²) in [5, 5.41) is 9.66. The molecule has 0 aliphatic heterocycles. The third kappa shape index (κ3) is 2.25. The second kappa shape index (κ2) is 4.66. The fourth-order valence-corrected chi connectivity index (χ4v) is 2.07. The number of aliphatic hydroxyl groups is 1. The van der Waals surface area contributed by atoms with E-state index in [-0.39, 0.29) is 6.10 Å². The quantitative estimate of drug-likeness (QED) is 0.793. The Bertz CT molecular complexity index is 387. The molecule has 0 saturated heterocycles. The van der Waals surface area contributed by atoms with Crippen LogP contribution in [0.25, 0.3) is 0 Å². The normalized spacial score (nSPS) is 24.4. The van der Waals surface area contributed by atoms with Gasteiger partial charge in [-0.05, 0) is 38.3 Å². The molecule has 1 aliphatic rings. The van der Waals surface area contributed by atoms with E-state index in [1.165, 1.54) is 0 Å². The Labute approximate surface area is 95.0 Å². The minimum Gasteiger partial charge on any atom is -0.487 e. The molecule has 1 N–H and O–H groups in total. The lowest BCUT2D eigenvalue weighted by Gasteiger charge is -2.18. The summed E-state index contributed by atoms with van der Waals surface area (Å²) in [6.45, 7) is 1.93. The molecule has 86 valence electrons. The number of benzene rings is 1. The van der Waals surface area contributed by atoms with Crippen molar-refractivity contribution < 1.29 is 14.6 Å². The number of hydrogen-bond acceptors (Lipinski definition) is 3. The number of aryl methyl sites for hydroxylation is 1. The van der Waals surface area contributed by atoms with Gasteiger partial charge in [-0.25, -0.2) is 0 Å². The Morgan fingerprint density at radius 3 is 2.88 bits per heavy atom. The topological polar surface area (TPSA) is 46.5 Å². The monoisotopic (exact) mass is 220 g/mol. The van der Waals surface area contributed by atoms with E-state index in [1.807, 2.05) is 13.0 Å². The maximum absolute atomic E-state index is 10.9. The first kappa shape index (κ1) is 11.1. The van der Waals surface area contributed by atoms with Crippen LogP contribution >= 0.6 is 0 Å². The molecule has 2 unspecified atom stereocenters. The molecule has 1 aliphatic carbocycles. The van der Waals surface area contributed by atoms with Gasteiger partial charge in [-0.2, -0.15) is 0 Å². The van der Waals surface area contributed by atoms with Gasteiger partial charge in [0.05, 0.1) is 11.7 Å². The Balaban J connectivity index is 2.17. The molecule has 1 saturated carbocycles. The van der Waals surface area contributed by atoms with Crippen molar-refractivity contribution in [2.75, 3.05) is 0 Å². The van der Waals surface area contributed by atoms with Crippen LogP contribution in [-0.2, 0) is 0 Å². The minimum absolute atomic E-state index is 0.165. The van der Waals surface area contributed by atoms with Crippen molar-refractivity contribution in [3.63, 3.8) is 0 Å². The third-order valence-electron chi connectivity index (χ3n) is 2.99. The molecule has 1 aromatic carbocycles. The van der Waals surface area contributed by atoms with Gasteiger partial charge in [-0.1, -0.05) is 11.6 Å². The summed E-state index contributed by atoms with van der Waals surface area (Å²) < 4.78 is 5.68. The van der Waals surface area contributed by atoms with Crippen LogP contribution in [0, 0.1) is 6.92 Å². The molecule has 0 amide bonds. The average molecular weight is 220 g/mol. The first-order valence-electron chi connectivity index (χ1n) is 5.61. The standard InChI is InChI=1S/C13H16O3/c1-9-5-6-12(10(7-9)8-14)16-13-4-2-3-11(13)15/h5-8,11,13,15H,2-4H2,1H3. The van der Waals surface area contributed by atoms with Crippen molar-refractivity contribution in [3.05, 3.63) is 29.3 Å². The van der Waals surface area contributed by atoms with Gasteiger partial charge >= 0.3 is 0 Å². The van der Waals surface area contributed by atoms with Crippen LogP contribution < -0.4 is 4.74 Å². The van der Waals surface area contributed by atoms with E-state index in [1.54, 1.807) is 12.1 Å². The van der Waals surface area contributed by atoms with E-state index in [4.69, 9.17) is 4.74 Å². The first-order chi connectivity index (χ1) is 7.70. The van der Waals surface area contributed by atoms with Crippen LogP contribution in [0.15, 0.2) is 18.2 Å². The zero-order valence-electron chi connectivity index (χ0n) is 9.35. The van der Waals surface area contributed by atoms with Gasteiger partial charge < -0.3 is 9.84 Å². The number of hydrogen-bond donors (Lipinski definition) is 1. The summed E-state index contributed by atoms with van der Waals surface area (Å²) in [5.41, 5.74) is 1.58. The number of ether oxygens (including phenoxy) is 1. The van der Waals surface area contributed by atoms with E-state index in [0.29, 0.717) is 11.3 Å². The molecule has 2 rings (SSSR count). The van der Waals surface area contributed by atoms with Crippen LogP contribution in [0.1, 0.15) is 35.2 Å². The lowest BCUT2D eigenvalue weighted by molar-refractivity contribution is 0.0597. The second-order valence-corrected chi connectivity index (χ2v) is 4.31. The van der Waals surface area contributed by atoms with Crippen molar-refractivity contribution in [1.29, 1.82) is 0 Å². The fourth-order valence-electron chi connectivity index (χ4n) is 2.07. The summed E-state index contributed by atoms with van der Waals surface area (Å²) in [6.07, 6.45) is 2.85. The number of carbonyl (C=O) groups excluding carboxylic acids is 1. The number of aldehydes is 1. The molecule has 3 heteroatoms. The molecule has 1 aromatic rings. The molecule has 1 fully saturated rings. The molecule has 0 heterocycles. The number of rotatable bonds is 3. The van der Waals surface area contributed by atoms with Gasteiger partial charge in [0.25, 0.3) is 0 Å². The van der Waals surface area contributed by atoms with Gasteiger partial charge in [-0.3, -0.25) is 4.79 Å². The molecule has 0 spiro atoms. The predicted octanol–water partition coefficient (Wildman–Crippen LogP) is 2.10. The van der Waals surface area contributed by atoms with Crippen LogP contribution in [0.5, 0.6) is 5.75 Å². The van der Waals surface area contributed by atoms with Crippen molar-refractivity contribution in [2.24, 2.45) is 0 Å². The third-order valence-corrected chi connectivity index (χ3v) is 2.99. The highest BCUT2D eigenvalue weighted by Crippen LogP contribution is 2.26. The van der Waals surface area contributed by atoms with E-state index < -0.39 is 6.10 Å². The second-order valence-electron chi connectivity index (χ2n) is 4.31. The van der Waals surface area contributed by atoms with E-state index >= 15 is 0 Å². The van der Waals surface area contributed by atoms with Crippen molar-refractivity contribution in [1.82, 2.24) is 0 Å². The zero-order chi connectivity index (χ0) is 11.5. The maximum atomic E-state index is 10.9. The zero-order valence-corrected chi connectivity index (χ0v) is 9.35. The lowest BCUT2D eigenvalue weighted by atomic mass is 10.1. The highest BCUT2D eigenvalue weighted by molar-refractivity contribution is 5.79. The molecule has 0 radical (unpaired) electrons. The van der Waals surface area contributed by atoms with Crippen molar-refractivity contribution >= 4 is 6.29 Å². The van der Waals surface area contributed by atoms with E-state index in [2.05, 4.69) is 0 Å². The van der Waals surface area contributed by atoms with E-state index in [0.717, 1.165) is 31.1 Å². The van der Waals surface area contributed by atoms with Crippen LogP contribution in [0.4, 0.5) is 0 Å². The maximum Gasteiger partial charge on any atom is 0.153 e. The molecular formula is C13H16O3. The molecular weight excluding hydrogens is 204 g/mol. The summed E-state index contributed by atoms with van der Waals surface area (Å²) in [7, 11) is 0. The summed E-state index contributed by atoms with van der Waals surface area (Å²) in [6, 6.07) is 5.50. The Kier molecular flexibility index (Phi) is 3.25. The SMILES string of the molecule is Cc1ccc(OC2CCCC2O)c(C=O)c1. The van der Waals surface area contributed by atoms with Crippen molar-refractivity contribution in [2.45, 2.75) is 38.4 Å². The smallest absolute Gasteiger partial charge is 0.153 e. The first-order valence-corrected chi connectivity index (χ1v) is 5.61. The van der Waals surface area contributed by atoms with Crippen LogP contribution in [0.3, 0.4) is 0 Å². The van der Waals surface area contributed by atoms with E-state index in [9.17, 15) is 9.90 Å². The molecule has 0 aromatic heterocycles. The minimum atomic E-state index is -0.402. The van der Waals surface area contributed by atoms with Gasteiger partial charge in [0, 0.05) is 0 Å². The molecule has 3 nitrogen and oxygen atoms in total. The van der Waals surface area contributed by atoms with Gasteiger partial charge in [0.2, 0.25) is 0 Å². The Hall–Kier alpha value is -1.35. The number of aliphatic hydroxyl groups excluding tert-OH is 1. The summed E-state index contributed by atoms with van der Waals surface area (Å²) >= 11 is 0. The Morgan fingerprint density at radius 2 is 2.25 bits per heavy atom. The Morgan fingerprint density at radius 1 is 1.44 bits per heavy atom. The lowest BCUT2D eigenvalue weighted by Crippen LogP contribution is -2.26. The average Bonchev–Trinajstić information content (AvgIpc) is 2.67. The van der Waals surface area contributed by atoms with Crippen LogP contribution in [0.2, 0.25) is 0 Å². The van der Waals surface area contributed by atoms with Crippen molar-refractivity contribution in [3.8, 4) is 5.75 Å². The highest BCUT2D eigenvalue weighted by atomic mass is 16.5. The molecule has 0 bridgehead atoms. The molecule has 2 atom stereocenters. The predicted molar refractivity (Wildman–Crippen MR) is 60.8 cm³/mol. The summed E-state index contributed by atoms with van der Waals surface area (Å²) in [4.78, 5) is 10.9. The largest absolute Gasteiger partial charge is 0.487 e. The highest BCUT2D eigenvalue weighted by Gasteiger charge is 2.27. The summed E-state index contributed by atoms with van der Waals surface area (Å²) in [5.74, 6) is 0.576. The fraction of sp³-hybridized carbons (Fsp3) is 0.462. The van der Waals surface area contributed by atoms with Gasteiger partial charge in [0.15, 0.2) is 6.29 Å². The van der Waals surface area contributed by atoms with Gasteiger partial charge in [0.1, 0.15) is 11.9 Å². The number of carbonyl (C=O) groups is 1. The van der Waals surface area contributed by atoms with Gasteiger partial charge in [-0.15, -0.1) is 0 Å². The van der Waals surface area contributed by atoms with Crippen LogP contribution in [-0.4, -0.2) is 23.6 Å².